The molecule has 0 aromatic heterocycles. The van der Waals surface area contributed by atoms with Crippen LogP contribution in [0.25, 0.3) is 0 Å². The highest BCUT2D eigenvalue weighted by atomic mass is 16.4. The largest absolute Gasteiger partial charge is 0.473 e. The van der Waals surface area contributed by atoms with Gasteiger partial charge in [0.1, 0.15) is 0 Å². The second kappa shape index (κ2) is 10.5. The van der Waals surface area contributed by atoms with Gasteiger partial charge in [-0.1, -0.05) is 30.3 Å². The Morgan fingerprint density at radius 2 is 1.57 bits per heavy atom. The average molecular weight is 412 g/mol. The number of hydrogen-bond donors (Lipinski definition) is 3. The molecule has 0 heterocycles. The number of nitrogens with two attached hydrogens (primary N) is 1. The highest BCUT2D eigenvalue weighted by Gasteiger charge is 2.24. The lowest BCUT2D eigenvalue weighted by Gasteiger charge is -2.22. The summed E-state index contributed by atoms with van der Waals surface area (Å²) in [5.41, 5.74) is 11.6. The van der Waals surface area contributed by atoms with Crippen molar-refractivity contribution in [1.29, 1.82) is 0 Å². The number of fused-ring (bicyclic) bond motifs is 2. The second-order valence-corrected chi connectivity index (χ2v) is 7.59. The zero-order valence-electron chi connectivity index (χ0n) is 17.3. The molecule has 0 saturated carbocycles. The van der Waals surface area contributed by atoms with Gasteiger partial charge in [-0.05, 0) is 80.7 Å². The van der Waals surface area contributed by atoms with Gasteiger partial charge in [0.25, 0.3) is 0 Å². The first-order valence-electron chi connectivity index (χ1n) is 9.82. The van der Waals surface area contributed by atoms with Gasteiger partial charge in [-0.25, -0.2) is 9.59 Å². The standard InChI is InChI=1S/C21H26N2O.C2H2O4/c1-23(2)13-5-8-19-18-7-4-3-6-15(18)9-10-16-11-12-17(21(22)24)14-20(16)19;3-1(4)2(5)6/h3-4,6-7,11-12,14,19H,5,8-10,13H2,1-2H3,(H2,22,24);(H,3,4)(H,5,6). The van der Waals surface area contributed by atoms with Gasteiger partial charge in [0.2, 0.25) is 5.91 Å². The minimum atomic E-state index is -1.82. The van der Waals surface area contributed by atoms with Crippen molar-refractivity contribution in [3.8, 4) is 0 Å². The van der Waals surface area contributed by atoms with Crippen molar-refractivity contribution in [2.24, 2.45) is 5.73 Å². The van der Waals surface area contributed by atoms with Gasteiger partial charge in [0, 0.05) is 11.5 Å². The predicted molar refractivity (Wildman–Crippen MR) is 114 cm³/mol. The van der Waals surface area contributed by atoms with Gasteiger partial charge in [0.15, 0.2) is 0 Å². The Hall–Kier alpha value is -3.19. The molecule has 0 spiro atoms. The molecule has 30 heavy (non-hydrogen) atoms. The molecule has 3 rings (SSSR count). The van der Waals surface area contributed by atoms with Crippen molar-refractivity contribution in [3.63, 3.8) is 0 Å². The number of amides is 1. The molecule has 0 fully saturated rings. The number of rotatable bonds is 5. The second-order valence-electron chi connectivity index (χ2n) is 7.59. The van der Waals surface area contributed by atoms with E-state index in [0.29, 0.717) is 11.5 Å². The van der Waals surface area contributed by atoms with Crippen LogP contribution in [-0.4, -0.2) is 53.6 Å². The van der Waals surface area contributed by atoms with Crippen LogP contribution >= 0.6 is 0 Å². The third kappa shape index (κ3) is 6.15. The number of carbonyl (C=O) groups excluding carboxylic acids is 1. The highest BCUT2D eigenvalue weighted by molar-refractivity contribution is 6.27. The Morgan fingerprint density at radius 3 is 2.13 bits per heavy atom. The van der Waals surface area contributed by atoms with Gasteiger partial charge in [-0.2, -0.15) is 0 Å². The van der Waals surface area contributed by atoms with E-state index in [2.05, 4.69) is 49.3 Å². The van der Waals surface area contributed by atoms with E-state index in [0.717, 1.165) is 32.2 Å². The number of carbonyl (C=O) groups is 3. The molecular formula is C23H28N2O5. The highest BCUT2D eigenvalue weighted by Crippen LogP contribution is 2.37. The van der Waals surface area contributed by atoms with Crippen LogP contribution in [-0.2, 0) is 22.4 Å². The molecule has 7 heteroatoms. The number of carboxylic acids is 2. The van der Waals surface area contributed by atoms with E-state index in [1.54, 1.807) is 0 Å². The zero-order chi connectivity index (χ0) is 22.3. The molecule has 2 aromatic rings. The number of nitrogens with zero attached hydrogens (tertiary/aromatic N) is 1. The van der Waals surface area contributed by atoms with Gasteiger partial charge in [0.05, 0.1) is 0 Å². The first-order valence-corrected chi connectivity index (χ1v) is 9.82. The number of aliphatic carboxylic acids is 2. The third-order valence-corrected chi connectivity index (χ3v) is 5.18. The van der Waals surface area contributed by atoms with Gasteiger partial charge in [-0.3, -0.25) is 4.79 Å². The van der Waals surface area contributed by atoms with E-state index in [4.69, 9.17) is 25.5 Å². The quantitative estimate of drug-likeness (QED) is 0.649. The van der Waals surface area contributed by atoms with Crippen LogP contribution in [0.3, 0.4) is 0 Å². The van der Waals surface area contributed by atoms with Crippen LogP contribution in [0, 0.1) is 0 Å². The molecule has 1 atom stereocenters. The SMILES string of the molecule is CN(C)CCCC1c2ccccc2CCc2ccc(C(N)=O)cc21.O=C(O)C(=O)O. The molecule has 7 nitrogen and oxygen atoms in total. The fourth-order valence-electron chi connectivity index (χ4n) is 3.76. The van der Waals surface area contributed by atoms with Crippen molar-refractivity contribution >= 4 is 17.8 Å². The molecule has 1 aliphatic carbocycles. The van der Waals surface area contributed by atoms with E-state index in [-0.39, 0.29) is 5.91 Å². The Labute approximate surface area is 176 Å². The van der Waals surface area contributed by atoms with E-state index in [1.165, 1.54) is 22.3 Å². The molecule has 0 aliphatic heterocycles. The molecule has 1 unspecified atom stereocenters. The summed E-state index contributed by atoms with van der Waals surface area (Å²) in [6.07, 6.45) is 4.30. The molecule has 1 amide bonds. The van der Waals surface area contributed by atoms with Crippen LogP contribution in [0.15, 0.2) is 42.5 Å². The maximum Gasteiger partial charge on any atom is 0.414 e. The summed E-state index contributed by atoms with van der Waals surface area (Å²) in [4.78, 5) is 32.1. The van der Waals surface area contributed by atoms with Crippen molar-refractivity contribution in [2.45, 2.75) is 31.6 Å². The van der Waals surface area contributed by atoms with E-state index in [1.807, 2.05) is 12.1 Å². The molecule has 0 bridgehead atoms. The number of primary amides is 1. The third-order valence-electron chi connectivity index (χ3n) is 5.18. The summed E-state index contributed by atoms with van der Waals surface area (Å²) in [5, 5.41) is 14.8. The summed E-state index contributed by atoms with van der Waals surface area (Å²) in [7, 11) is 4.22. The van der Waals surface area contributed by atoms with E-state index in [9.17, 15) is 4.79 Å². The topological polar surface area (TPSA) is 121 Å². The summed E-state index contributed by atoms with van der Waals surface area (Å²) in [6.45, 7) is 1.07. The molecule has 0 radical (unpaired) electrons. The van der Waals surface area contributed by atoms with E-state index >= 15 is 0 Å². The maximum atomic E-state index is 11.6. The Morgan fingerprint density at radius 1 is 0.967 bits per heavy atom. The first kappa shape index (κ1) is 23.1. The monoisotopic (exact) mass is 412 g/mol. The van der Waals surface area contributed by atoms with Crippen LogP contribution in [0.4, 0.5) is 0 Å². The van der Waals surface area contributed by atoms with Gasteiger partial charge < -0.3 is 20.8 Å². The lowest BCUT2D eigenvalue weighted by Crippen LogP contribution is -2.15. The molecule has 4 N–H and O–H groups in total. The van der Waals surface area contributed by atoms with Crippen molar-refractivity contribution in [3.05, 3.63) is 70.3 Å². The van der Waals surface area contributed by atoms with Crippen LogP contribution in [0.5, 0.6) is 0 Å². The number of benzene rings is 2. The molecular weight excluding hydrogens is 384 g/mol. The molecule has 160 valence electrons. The normalized spacial score (nSPS) is 14.6. The van der Waals surface area contributed by atoms with Gasteiger partial charge >= 0.3 is 11.9 Å². The summed E-state index contributed by atoms with van der Waals surface area (Å²) in [5.74, 6) is -3.65. The van der Waals surface area contributed by atoms with E-state index < -0.39 is 11.9 Å². The van der Waals surface area contributed by atoms with Crippen LogP contribution in [0.2, 0.25) is 0 Å². The maximum absolute atomic E-state index is 11.6. The van der Waals surface area contributed by atoms with Crippen molar-refractivity contribution in [2.75, 3.05) is 20.6 Å². The Balaban J connectivity index is 0.000000469. The Bertz CT molecular complexity index is 912. The number of carboxylic acid groups (broad SMARTS) is 2. The molecule has 2 aromatic carbocycles. The summed E-state index contributed by atoms with van der Waals surface area (Å²) in [6, 6.07) is 14.7. The number of aryl methyl sites for hydroxylation is 2. The molecule has 1 aliphatic rings. The van der Waals surface area contributed by atoms with Crippen LogP contribution in [0.1, 0.15) is 51.4 Å². The summed E-state index contributed by atoms with van der Waals surface area (Å²) < 4.78 is 0. The van der Waals surface area contributed by atoms with Crippen molar-refractivity contribution in [1.82, 2.24) is 4.90 Å². The lowest BCUT2D eigenvalue weighted by molar-refractivity contribution is -0.159. The minimum absolute atomic E-state index is 0.345. The lowest BCUT2D eigenvalue weighted by atomic mass is 9.84. The Kier molecular flexibility index (Phi) is 8.12. The smallest absolute Gasteiger partial charge is 0.414 e. The zero-order valence-corrected chi connectivity index (χ0v) is 17.3. The van der Waals surface area contributed by atoms with Crippen molar-refractivity contribution < 1.29 is 24.6 Å². The minimum Gasteiger partial charge on any atom is -0.473 e. The average Bonchev–Trinajstić information content (AvgIpc) is 2.85. The first-order chi connectivity index (χ1) is 14.2. The predicted octanol–water partition coefficient (Wildman–Crippen LogP) is 2.51. The fraction of sp³-hybridized carbons (Fsp3) is 0.348. The fourth-order valence-corrected chi connectivity index (χ4v) is 3.76. The van der Waals surface area contributed by atoms with Gasteiger partial charge in [-0.15, -0.1) is 0 Å². The van der Waals surface area contributed by atoms with Crippen LogP contribution < -0.4 is 5.73 Å². The number of hydrogen-bond acceptors (Lipinski definition) is 4. The summed E-state index contributed by atoms with van der Waals surface area (Å²) >= 11 is 0. The molecule has 0 saturated heterocycles.